The summed E-state index contributed by atoms with van der Waals surface area (Å²) in [5.41, 5.74) is 1.49. The van der Waals surface area contributed by atoms with Crippen LogP contribution in [0, 0.1) is 0 Å². The third-order valence-electron chi connectivity index (χ3n) is 3.40. The Morgan fingerprint density at radius 2 is 2.22 bits per heavy atom. The first-order chi connectivity index (χ1) is 8.75. The van der Waals surface area contributed by atoms with Crippen molar-refractivity contribution in [2.45, 2.75) is 19.6 Å². The zero-order valence-corrected chi connectivity index (χ0v) is 10.3. The lowest BCUT2D eigenvalue weighted by Crippen LogP contribution is -2.45. The second-order valence-corrected chi connectivity index (χ2v) is 4.64. The van der Waals surface area contributed by atoms with Crippen LogP contribution in [0.25, 0.3) is 11.1 Å². The van der Waals surface area contributed by atoms with Crippen molar-refractivity contribution in [1.29, 1.82) is 0 Å². The number of hydrogen-bond donors (Lipinski definition) is 0. The number of nitrogens with zero attached hydrogens (tertiary/aromatic N) is 2. The van der Waals surface area contributed by atoms with E-state index in [1.807, 2.05) is 24.3 Å². The molecule has 0 unspecified atom stereocenters. The Morgan fingerprint density at radius 1 is 1.39 bits per heavy atom. The van der Waals surface area contributed by atoms with E-state index in [2.05, 4.69) is 11.8 Å². The van der Waals surface area contributed by atoms with Gasteiger partial charge in [0.1, 0.15) is 0 Å². The Hall–Kier alpha value is -1.59. The van der Waals surface area contributed by atoms with Gasteiger partial charge in [-0.05, 0) is 19.1 Å². The van der Waals surface area contributed by atoms with E-state index in [1.54, 1.807) is 4.57 Å². The summed E-state index contributed by atoms with van der Waals surface area (Å²) >= 11 is 0. The van der Waals surface area contributed by atoms with Gasteiger partial charge < -0.3 is 9.15 Å². The molecule has 1 aliphatic heterocycles. The highest BCUT2D eigenvalue weighted by atomic mass is 16.5. The summed E-state index contributed by atoms with van der Waals surface area (Å²) in [6, 6.07) is 7.82. The summed E-state index contributed by atoms with van der Waals surface area (Å²) in [5.74, 6) is -0.296. The summed E-state index contributed by atoms with van der Waals surface area (Å²) < 4.78 is 12.3. The molecule has 0 N–H and O–H groups in total. The van der Waals surface area contributed by atoms with Gasteiger partial charge in [0.15, 0.2) is 5.58 Å². The lowest BCUT2D eigenvalue weighted by molar-refractivity contribution is -0.0155. The van der Waals surface area contributed by atoms with Gasteiger partial charge in [-0.1, -0.05) is 12.1 Å². The molecule has 1 aromatic carbocycles. The standard InChI is InChI=1S/C13H16N2O3/c1-10-8-17-7-6-14(10)9-15-11-4-2-3-5-12(11)18-13(15)16/h2-5,10H,6-9H2,1H3/t10-/m1/s1. The first-order valence-electron chi connectivity index (χ1n) is 6.16. The molecular formula is C13H16N2O3. The smallest absolute Gasteiger partial charge is 0.408 e. The van der Waals surface area contributed by atoms with Gasteiger partial charge >= 0.3 is 5.76 Å². The van der Waals surface area contributed by atoms with E-state index in [9.17, 15) is 4.79 Å². The number of aromatic nitrogens is 1. The normalized spacial score (nSPS) is 21.5. The molecule has 0 aliphatic carbocycles. The summed E-state index contributed by atoms with van der Waals surface area (Å²) in [6.07, 6.45) is 0. The second-order valence-electron chi connectivity index (χ2n) is 4.64. The van der Waals surface area contributed by atoms with Crippen molar-refractivity contribution in [2.75, 3.05) is 19.8 Å². The maximum absolute atomic E-state index is 11.9. The van der Waals surface area contributed by atoms with Crippen LogP contribution in [0.15, 0.2) is 33.5 Å². The van der Waals surface area contributed by atoms with Crippen LogP contribution in [0.2, 0.25) is 0 Å². The molecule has 0 saturated carbocycles. The Bertz CT molecular complexity index is 602. The number of oxazole rings is 1. The van der Waals surface area contributed by atoms with Crippen molar-refractivity contribution in [2.24, 2.45) is 0 Å². The summed E-state index contributed by atoms with van der Waals surface area (Å²) in [5, 5.41) is 0. The topological polar surface area (TPSA) is 47.6 Å². The molecule has 1 saturated heterocycles. The van der Waals surface area contributed by atoms with E-state index >= 15 is 0 Å². The van der Waals surface area contributed by atoms with Gasteiger partial charge in [-0.3, -0.25) is 9.47 Å². The van der Waals surface area contributed by atoms with Crippen LogP contribution in [0.1, 0.15) is 6.92 Å². The molecule has 5 heteroatoms. The molecule has 2 aromatic rings. The maximum Gasteiger partial charge on any atom is 0.421 e. The molecule has 0 spiro atoms. The van der Waals surface area contributed by atoms with E-state index < -0.39 is 0 Å². The number of rotatable bonds is 2. The zero-order valence-electron chi connectivity index (χ0n) is 10.3. The minimum Gasteiger partial charge on any atom is -0.408 e. The highest BCUT2D eigenvalue weighted by molar-refractivity contribution is 5.72. The fourth-order valence-corrected chi connectivity index (χ4v) is 2.30. The Balaban J connectivity index is 1.94. The molecule has 18 heavy (non-hydrogen) atoms. The SMILES string of the molecule is C[C@@H]1COCCN1Cn1c(=O)oc2ccccc21. The lowest BCUT2D eigenvalue weighted by atomic mass is 10.3. The van der Waals surface area contributed by atoms with E-state index in [-0.39, 0.29) is 5.76 Å². The molecular weight excluding hydrogens is 232 g/mol. The Labute approximate surface area is 105 Å². The zero-order chi connectivity index (χ0) is 12.5. The summed E-state index contributed by atoms with van der Waals surface area (Å²) in [4.78, 5) is 14.1. The van der Waals surface area contributed by atoms with Crippen molar-refractivity contribution in [3.63, 3.8) is 0 Å². The average molecular weight is 248 g/mol. The minimum absolute atomic E-state index is 0.296. The first kappa shape index (κ1) is 11.5. The van der Waals surface area contributed by atoms with E-state index in [4.69, 9.17) is 9.15 Å². The van der Waals surface area contributed by atoms with Crippen LogP contribution in [0.5, 0.6) is 0 Å². The first-order valence-corrected chi connectivity index (χ1v) is 6.16. The highest BCUT2D eigenvalue weighted by Gasteiger charge is 2.20. The number of ether oxygens (including phenoxy) is 1. The number of fused-ring (bicyclic) bond motifs is 1. The molecule has 1 aromatic heterocycles. The highest BCUT2D eigenvalue weighted by Crippen LogP contribution is 2.14. The Morgan fingerprint density at radius 3 is 3.06 bits per heavy atom. The average Bonchev–Trinajstić information content (AvgIpc) is 2.69. The molecule has 0 amide bonds. The third kappa shape index (κ3) is 1.95. The lowest BCUT2D eigenvalue weighted by Gasteiger charge is -2.32. The number of morpholine rings is 1. The van der Waals surface area contributed by atoms with E-state index in [1.165, 1.54) is 0 Å². The fraction of sp³-hybridized carbons (Fsp3) is 0.462. The van der Waals surface area contributed by atoms with E-state index in [0.29, 0.717) is 24.9 Å². The van der Waals surface area contributed by atoms with E-state index in [0.717, 1.165) is 18.7 Å². The summed E-state index contributed by atoms with van der Waals surface area (Å²) in [7, 11) is 0. The molecule has 3 rings (SSSR count). The quantitative estimate of drug-likeness (QED) is 0.803. The monoisotopic (exact) mass is 248 g/mol. The molecule has 1 atom stereocenters. The number of para-hydroxylation sites is 2. The molecule has 1 aliphatic rings. The third-order valence-corrected chi connectivity index (χ3v) is 3.40. The van der Waals surface area contributed by atoms with Crippen molar-refractivity contribution in [3.05, 3.63) is 34.8 Å². The predicted molar refractivity (Wildman–Crippen MR) is 67.5 cm³/mol. The fourth-order valence-electron chi connectivity index (χ4n) is 2.30. The predicted octanol–water partition coefficient (Wildman–Crippen LogP) is 1.27. The maximum atomic E-state index is 11.9. The minimum atomic E-state index is -0.296. The summed E-state index contributed by atoms with van der Waals surface area (Å²) in [6.45, 7) is 4.93. The molecule has 2 heterocycles. The van der Waals surface area contributed by atoms with Crippen molar-refractivity contribution in [3.8, 4) is 0 Å². The van der Waals surface area contributed by atoms with Crippen LogP contribution < -0.4 is 5.76 Å². The van der Waals surface area contributed by atoms with Gasteiger partial charge in [0, 0.05) is 12.6 Å². The molecule has 0 bridgehead atoms. The van der Waals surface area contributed by atoms with Crippen molar-refractivity contribution >= 4 is 11.1 Å². The van der Waals surface area contributed by atoms with Gasteiger partial charge in [-0.25, -0.2) is 4.79 Å². The van der Waals surface area contributed by atoms with Crippen LogP contribution in [-0.4, -0.2) is 35.3 Å². The van der Waals surface area contributed by atoms with Crippen LogP contribution in [-0.2, 0) is 11.4 Å². The van der Waals surface area contributed by atoms with Crippen LogP contribution in [0.3, 0.4) is 0 Å². The number of benzene rings is 1. The molecule has 1 fully saturated rings. The number of hydrogen-bond acceptors (Lipinski definition) is 4. The van der Waals surface area contributed by atoms with Crippen LogP contribution in [0.4, 0.5) is 0 Å². The van der Waals surface area contributed by atoms with Gasteiger partial charge in [-0.2, -0.15) is 0 Å². The molecule has 0 radical (unpaired) electrons. The van der Waals surface area contributed by atoms with Crippen molar-refractivity contribution < 1.29 is 9.15 Å². The van der Waals surface area contributed by atoms with Crippen LogP contribution >= 0.6 is 0 Å². The van der Waals surface area contributed by atoms with Crippen molar-refractivity contribution in [1.82, 2.24) is 9.47 Å². The molecule has 96 valence electrons. The largest absolute Gasteiger partial charge is 0.421 e. The van der Waals surface area contributed by atoms with Gasteiger partial charge in [0.2, 0.25) is 0 Å². The van der Waals surface area contributed by atoms with Gasteiger partial charge in [0.25, 0.3) is 0 Å². The second kappa shape index (κ2) is 4.59. The Kier molecular flexibility index (Phi) is 2.93. The van der Waals surface area contributed by atoms with Gasteiger partial charge in [0.05, 0.1) is 25.4 Å². The van der Waals surface area contributed by atoms with Gasteiger partial charge in [-0.15, -0.1) is 0 Å². The molecule has 5 nitrogen and oxygen atoms in total.